The molecule has 1 aromatic rings. The lowest BCUT2D eigenvalue weighted by Gasteiger charge is -2.39. The lowest BCUT2D eigenvalue weighted by Crippen LogP contribution is -2.64. The van der Waals surface area contributed by atoms with Crippen LogP contribution in [0, 0.1) is 0 Å². The number of hydrogen-bond donors (Lipinski definition) is 2. The van der Waals surface area contributed by atoms with Crippen LogP contribution in [-0.2, 0) is 9.59 Å². The summed E-state index contributed by atoms with van der Waals surface area (Å²) in [5, 5.41) is 2.98. The number of nitrogens with zero attached hydrogens (tertiary/aromatic N) is 2. The van der Waals surface area contributed by atoms with Crippen LogP contribution in [0.25, 0.3) is 0 Å². The van der Waals surface area contributed by atoms with Crippen LogP contribution in [0.15, 0.2) is 6.20 Å². The minimum atomic E-state index is -0.791. The predicted octanol–water partition coefficient (Wildman–Crippen LogP) is 0.404. The molecule has 7 heteroatoms. The van der Waals surface area contributed by atoms with Crippen LogP contribution in [0.2, 0.25) is 0 Å². The molecule has 0 radical (unpaired) electrons. The summed E-state index contributed by atoms with van der Waals surface area (Å²) in [6.45, 7) is 5.53. The summed E-state index contributed by atoms with van der Waals surface area (Å²) in [4.78, 5) is 30.2. The van der Waals surface area contributed by atoms with E-state index in [4.69, 9.17) is 5.73 Å². The van der Waals surface area contributed by atoms with Crippen molar-refractivity contribution in [2.24, 2.45) is 5.73 Å². The van der Waals surface area contributed by atoms with Gasteiger partial charge in [0.15, 0.2) is 5.13 Å². The molecule has 0 aromatic carbocycles. The summed E-state index contributed by atoms with van der Waals surface area (Å²) in [5.74, 6) is -0.617. The Kier molecular flexibility index (Phi) is 3.12. The molecule has 0 bridgehead atoms. The topological polar surface area (TPSA) is 88.3 Å². The Balaban J connectivity index is 2.34. The Morgan fingerprint density at radius 1 is 1.56 bits per heavy atom. The van der Waals surface area contributed by atoms with Crippen LogP contribution in [-0.4, -0.2) is 28.9 Å². The molecule has 18 heavy (non-hydrogen) atoms. The maximum atomic E-state index is 11.8. The van der Waals surface area contributed by atoms with Gasteiger partial charge in [-0.25, -0.2) is 4.98 Å². The largest absolute Gasteiger partial charge is 0.325 e. The number of piperazine rings is 1. The molecule has 1 unspecified atom stereocenters. The Labute approximate surface area is 109 Å². The van der Waals surface area contributed by atoms with Crippen LogP contribution in [0.1, 0.15) is 31.7 Å². The molecule has 1 saturated heterocycles. The Morgan fingerprint density at radius 2 is 2.22 bits per heavy atom. The smallest absolute Gasteiger partial charge is 0.251 e. The molecule has 6 nitrogen and oxygen atoms in total. The molecule has 1 aromatic heterocycles. The molecule has 0 aliphatic carbocycles. The first-order valence-electron chi connectivity index (χ1n) is 5.65. The van der Waals surface area contributed by atoms with Gasteiger partial charge >= 0.3 is 0 Å². The van der Waals surface area contributed by atoms with E-state index in [0.717, 1.165) is 4.88 Å². The normalized spacial score (nSPS) is 20.8. The van der Waals surface area contributed by atoms with Gasteiger partial charge in [0.05, 0.1) is 0 Å². The molecule has 1 fully saturated rings. The van der Waals surface area contributed by atoms with Crippen LogP contribution in [0.4, 0.5) is 5.13 Å². The van der Waals surface area contributed by atoms with Gasteiger partial charge in [-0.2, -0.15) is 0 Å². The van der Waals surface area contributed by atoms with Gasteiger partial charge in [0.25, 0.3) is 5.91 Å². The number of rotatable bonds is 2. The molecule has 3 N–H and O–H groups in total. The van der Waals surface area contributed by atoms with Gasteiger partial charge < -0.3 is 10.6 Å². The quantitative estimate of drug-likeness (QED) is 0.758. The number of carbonyl (C=O) groups is 2. The molecule has 0 spiro atoms. The summed E-state index contributed by atoms with van der Waals surface area (Å²) in [7, 11) is 0. The summed E-state index contributed by atoms with van der Waals surface area (Å²) >= 11 is 1.41. The number of imide groups is 1. The highest BCUT2D eigenvalue weighted by Crippen LogP contribution is 2.31. The number of amides is 2. The van der Waals surface area contributed by atoms with E-state index < -0.39 is 5.54 Å². The standard InChI is InChI=1S/C11H16N4O2S/c1-6(12)7-4-13-10(18-7)15-5-8(16)14-9(17)11(15,2)3/h4,6H,5,12H2,1-3H3,(H,14,16,17). The third-order valence-electron chi connectivity index (χ3n) is 2.98. The first kappa shape index (κ1) is 13.0. The summed E-state index contributed by atoms with van der Waals surface area (Å²) in [6.07, 6.45) is 1.69. The van der Waals surface area contributed by atoms with E-state index in [9.17, 15) is 9.59 Å². The summed E-state index contributed by atoms with van der Waals surface area (Å²) in [5.41, 5.74) is 4.99. The zero-order valence-electron chi connectivity index (χ0n) is 10.6. The fourth-order valence-corrected chi connectivity index (χ4v) is 2.71. The first-order chi connectivity index (χ1) is 8.32. The average Bonchev–Trinajstić information content (AvgIpc) is 2.72. The van der Waals surface area contributed by atoms with Crippen LogP contribution in [0.3, 0.4) is 0 Å². The van der Waals surface area contributed by atoms with Crippen molar-refractivity contribution in [2.45, 2.75) is 32.4 Å². The molecular formula is C11H16N4O2S. The van der Waals surface area contributed by atoms with Gasteiger partial charge in [0.2, 0.25) is 5.91 Å². The second-order valence-corrected chi connectivity index (χ2v) is 5.90. The van der Waals surface area contributed by atoms with E-state index in [1.165, 1.54) is 11.3 Å². The minimum absolute atomic E-state index is 0.103. The van der Waals surface area contributed by atoms with Crippen molar-refractivity contribution in [2.75, 3.05) is 11.4 Å². The number of anilines is 1. The Bertz CT molecular complexity index is 495. The molecule has 1 atom stereocenters. The van der Waals surface area contributed by atoms with E-state index in [1.54, 1.807) is 24.9 Å². The van der Waals surface area contributed by atoms with E-state index in [2.05, 4.69) is 10.3 Å². The molecule has 1 aliphatic heterocycles. The molecule has 2 heterocycles. The predicted molar refractivity (Wildman–Crippen MR) is 69.3 cm³/mol. The van der Waals surface area contributed by atoms with Crippen molar-refractivity contribution < 1.29 is 9.59 Å². The van der Waals surface area contributed by atoms with Gasteiger partial charge in [-0.15, -0.1) is 11.3 Å². The maximum absolute atomic E-state index is 11.8. The van der Waals surface area contributed by atoms with Gasteiger partial charge in [-0.05, 0) is 20.8 Å². The van der Waals surface area contributed by atoms with E-state index >= 15 is 0 Å². The minimum Gasteiger partial charge on any atom is -0.325 e. The zero-order chi connectivity index (χ0) is 13.5. The lowest BCUT2D eigenvalue weighted by atomic mass is 10.00. The summed E-state index contributed by atoms with van der Waals surface area (Å²) in [6, 6.07) is -0.103. The number of nitrogens with two attached hydrogens (primary N) is 1. The highest BCUT2D eigenvalue weighted by Gasteiger charge is 2.42. The molecule has 98 valence electrons. The monoisotopic (exact) mass is 268 g/mol. The Hall–Kier alpha value is -1.47. The van der Waals surface area contributed by atoms with Gasteiger partial charge in [-0.3, -0.25) is 14.9 Å². The van der Waals surface area contributed by atoms with Gasteiger partial charge in [-0.1, -0.05) is 0 Å². The highest BCUT2D eigenvalue weighted by atomic mass is 32.1. The van der Waals surface area contributed by atoms with Crippen LogP contribution >= 0.6 is 11.3 Å². The van der Waals surface area contributed by atoms with Crippen molar-refractivity contribution >= 4 is 28.3 Å². The van der Waals surface area contributed by atoms with Crippen molar-refractivity contribution in [1.82, 2.24) is 10.3 Å². The number of nitrogens with one attached hydrogen (secondary N) is 1. The van der Waals surface area contributed by atoms with Crippen molar-refractivity contribution in [3.8, 4) is 0 Å². The second-order valence-electron chi connectivity index (χ2n) is 4.86. The Morgan fingerprint density at radius 3 is 2.78 bits per heavy atom. The van der Waals surface area contributed by atoms with Crippen LogP contribution < -0.4 is 16.0 Å². The molecule has 1 aliphatic rings. The fraction of sp³-hybridized carbons (Fsp3) is 0.545. The SMILES string of the molecule is CC(N)c1cnc(N2CC(=O)NC(=O)C2(C)C)s1. The van der Waals surface area contributed by atoms with Gasteiger partial charge in [0.1, 0.15) is 12.1 Å². The van der Waals surface area contributed by atoms with Crippen molar-refractivity contribution in [3.63, 3.8) is 0 Å². The third kappa shape index (κ3) is 2.11. The van der Waals surface area contributed by atoms with Crippen LogP contribution in [0.5, 0.6) is 0 Å². The van der Waals surface area contributed by atoms with E-state index in [0.29, 0.717) is 5.13 Å². The van der Waals surface area contributed by atoms with E-state index in [-0.39, 0.29) is 24.4 Å². The number of carbonyl (C=O) groups excluding carboxylic acids is 2. The summed E-state index contributed by atoms with van der Waals surface area (Å²) < 4.78 is 0. The molecular weight excluding hydrogens is 252 g/mol. The zero-order valence-corrected chi connectivity index (χ0v) is 11.4. The molecule has 0 saturated carbocycles. The number of hydrogen-bond acceptors (Lipinski definition) is 6. The molecule has 2 rings (SSSR count). The number of thiazole rings is 1. The lowest BCUT2D eigenvalue weighted by molar-refractivity contribution is -0.135. The highest BCUT2D eigenvalue weighted by molar-refractivity contribution is 7.15. The maximum Gasteiger partial charge on any atom is 0.251 e. The third-order valence-corrected chi connectivity index (χ3v) is 4.20. The average molecular weight is 268 g/mol. The van der Waals surface area contributed by atoms with Crippen molar-refractivity contribution in [1.29, 1.82) is 0 Å². The van der Waals surface area contributed by atoms with Crippen molar-refractivity contribution in [3.05, 3.63) is 11.1 Å². The second kappa shape index (κ2) is 4.33. The van der Waals surface area contributed by atoms with E-state index in [1.807, 2.05) is 6.92 Å². The number of aromatic nitrogens is 1. The fourth-order valence-electron chi connectivity index (χ4n) is 1.70. The molecule has 2 amide bonds. The van der Waals surface area contributed by atoms with Gasteiger partial charge in [0, 0.05) is 17.1 Å². The first-order valence-corrected chi connectivity index (χ1v) is 6.47.